The van der Waals surface area contributed by atoms with Gasteiger partial charge in [-0.2, -0.15) is 0 Å². The third kappa shape index (κ3) is 5.64. The molecule has 0 fully saturated rings. The highest BCUT2D eigenvalue weighted by Gasteiger charge is 2.21. The fourth-order valence-electron chi connectivity index (χ4n) is 3.39. The van der Waals surface area contributed by atoms with E-state index in [1.54, 1.807) is 12.1 Å². The molecule has 3 rings (SSSR count). The van der Waals surface area contributed by atoms with Gasteiger partial charge in [0.1, 0.15) is 0 Å². The van der Waals surface area contributed by atoms with Crippen LogP contribution in [0, 0.1) is 5.92 Å². The number of ether oxygens (including phenoxy) is 1. The Balaban J connectivity index is 1.56. The quantitative estimate of drug-likeness (QED) is 0.357. The predicted molar refractivity (Wildman–Crippen MR) is 116 cm³/mol. The van der Waals surface area contributed by atoms with Crippen molar-refractivity contribution in [1.29, 1.82) is 0 Å². The number of Topliss-reactive ketones (excluding diaryl/α,β-unsaturated/α-hetero) is 1. The third-order valence-electron chi connectivity index (χ3n) is 5.10. The Labute approximate surface area is 172 Å². The topological polar surface area (TPSA) is 43.4 Å². The number of carbonyl (C=O) groups is 2. The molecule has 3 aromatic carbocycles. The van der Waals surface area contributed by atoms with Crippen molar-refractivity contribution in [1.82, 2.24) is 0 Å². The van der Waals surface area contributed by atoms with E-state index in [4.69, 9.17) is 4.74 Å². The zero-order valence-electron chi connectivity index (χ0n) is 16.9. The zero-order chi connectivity index (χ0) is 20.6. The Kier molecular flexibility index (Phi) is 6.96. The summed E-state index contributed by atoms with van der Waals surface area (Å²) in [5, 5.41) is 0. The van der Waals surface area contributed by atoms with E-state index >= 15 is 0 Å². The molecule has 0 heterocycles. The number of ketones is 1. The Hall–Kier alpha value is -3.20. The summed E-state index contributed by atoms with van der Waals surface area (Å²) in [5.74, 6) is -0.171. The molecule has 0 radical (unpaired) electrons. The van der Waals surface area contributed by atoms with Crippen molar-refractivity contribution in [2.45, 2.75) is 26.2 Å². The van der Waals surface area contributed by atoms with Crippen molar-refractivity contribution >= 4 is 11.8 Å². The largest absolute Gasteiger partial charge is 0.457 e. The second-order valence-corrected chi connectivity index (χ2v) is 7.49. The molecule has 0 saturated carbocycles. The minimum atomic E-state index is -0.346. The predicted octanol–water partition coefficient (Wildman–Crippen LogP) is 5.91. The molecule has 0 N–H and O–H groups in total. The van der Waals surface area contributed by atoms with Gasteiger partial charge < -0.3 is 4.74 Å². The molecule has 0 aliphatic heterocycles. The maximum Gasteiger partial charge on any atom is 0.306 e. The SMILES string of the molecule is CC(C)C(CC(=O)OCC(=O)c1ccc(-c2ccccc2)cc1)c1ccccc1. The summed E-state index contributed by atoms with van der Waals surface area (Å²) in [4.78, 5) is 24.7. The van der Waals surface area contributed by atoms with E-state index in [0.717, 1.165) is 16.7 Å². The van der Waals surface area contributed by atoms with Gasteiger partial charge in [-0.1, -0.05) is 98.8 Å². The van der Waals surface area contributed by atoms with Crippen molar-refractivity contribution in [2.24, 2.45) is 5.92 Å². The molecule has 1 atom stereocenters. The lowest BCUT2D eigenvalue weighted by Gasteiger charge is -2.20. The standard InChI is InChI=1S/C26H26O3/c1-19(2)24(22-11-7-4-8-12-22)17-26(28)29-18-25(27)23-15-13-21(14-16-23)20-9-5-3-6-10-20/h3-16,19,24H,17-18H2,1-2H3. The van der Waals surface area contributed by atoms with Crippen LogP contribution in [0.1, 0.15) is 42.1 Å². The summed E-state index contributed by atoms with van der Waals surface area (Å²) in [6, 6.07) is 27.3. The Morgan fingerprint density at radius 2 is 1.31 bits per heavy atom. The fourth-order valence-corrected chi connectivity index (χ4v) is 3.39. The first-order valence-corrected chi connectivity index (χ1v) is 9.94. The van der Waals surface area contributed by atoms with Gasteiger partial charge in [0.2, 0.25) is 0 Å². The van der Waals surface area contributed by atoms with Crippen molar-refractivity contribution in [3.05, 3.63) is 96.1 Å². The van der Waals surface area contributed by atoms with Crippen LogP contribution in [0.2, 0.25) is 0 Å². The number of hydrogen-bond acceptors (Lipinski definition) is 3. The molecule has 0 aliphatic rings. The summed E-state index contributed by atoms with van der Waals surface area (Å²) in [7, 11) is 0. The van der Waals surface area contributed by atoms with Crippen LogP contribution in [0.15, 0.2) is 84.9 Å². The number of carbonyl (C=O) groups excluding carboxylic acids is 2. The van der Waals surface area contributed by atoms with Crippen LogP contribution in [0.25, 0.3) is 11.1 Å². The molecule has 3 heteroatoms. The second kappa shape index (κ2) is 9.83. The van der Waals surface area contributed by atoms with Crippen molar-refractivity contribution in [3.63, 3.8) is 0 Å². The van der Waals surface area contributed by atoms with E-state index in [-0.39, 0.29) is 30.7 Å². The van der Waals surface area contributed by atoms with E-state index in [1.165, 1.54) is 0 Å². The Morgan fingerprint density at radius 1 is 0.759 bits per heavy atom. The smallest absolute Gasteiger partial charge is 0.306 e. The number of esters is 1. The lowest BCUT2D eigenvalue weighted by Crippen LogP contribution is -2.18. The van der Waals surface area contributed by atoms with Crippen LogP contribution < -0.4 is 0 Å². The molecular formula is C26H26O3. The molecule has 0 saturated heterocycles. The number of benzene rings is 3. The lowest BCUT2D eigenvalue weighted by molar-refractivity contribution is -0.143. The van der Waals surface area contributed by atoms with Crippen LogP contribution >= 0.6 is 0 Å². The normalized spacial score (nSPS) is 11.8. The molecule has 148 valence electrons. The summed E-state index contributed by atoms with van der Waals surface area (Å²) in [6.45, 7) is 3.94. The van der Waals surface area contributed by atoms with Crippen molar-refractivity contribution < 1.29 is 14.3 Å². The van der Waals surface area contributed by atoms with Gasteiger partial charge in [0.15, 0.2) is 12.4 Å². The second-order valence-electron chi connectivity index (χ2n) is 7.49. The van der Waals surface area contributed by atoms with Crippen LogP contribution in [0.4, 0.5) is 0 Å². The van der Waals surface area contributed by atoms with Gasteiger partial charge in [-0.05, 0) is 28.5 Å². The average Bonchev–Trinajstić information content (AvgIpc) is 2.77. The first-order chi connectivity index (χ1) is 14.0. The maximum atomic E-state index is 12.4. The molecule has 0 bridgehead atoms. The molecule has 3 nitrogen and oxygen atoms in total. The van der Waals surface area contributed by atoms with Gasteiger partial charge >= 0.3 is 5.97 Å². The average molecular weight is 386 g/mol. The summed E-state index contributed by atoms with van der Waals surface area (Å²) in [5.41, 5.74) is 3.79. The molecular weight excluding hydrogens is 360 g/mol. The van der Waals surface area contributed by atoms with E-state index in [0.29, 0.717) is 11.5 Å². The van der Waals surface area contributed by atoms with Gasteiger partial charge in [-0.3, -0.25) is 9.59 Å². The highest BCUT2D eigenvalue weighted by Crippen LogP contribution is 2.28. The summed E-state index contributed by atoms with van der Waals surface area (Å²) >= 11 is 0. The summed E-state index contributed by atoms with van der Waals surface area (Å²) in [6.07, 6.45) is 0.266. The molecule has 3 aromatic rings. The van der Waals surface area contributed by atoms with Crippen LogP contribution in [0.3, 0.4) is 0 Å². The molecule has 0 amide bonds. The maximum absolute atomic E-state index is 12.4. The van der Waals surface area contributed by atoms with Gasteiger partial charge in [0, 0.05) is 5.56 Å². The monoisotopic (exact) mass is 386 g/mol. The number of rotatable bonds is 8. The Bertz CT molecular complexity index is 929. The minimum Gasteiger partial charge on any atom is -0.457 e. The molecule has 29 heavy (non-hydrogen) atoms. The van der Waals surface area contributed by atoms with Gasteiger partial charge in [-0.25, -0.2) is 0 Å². The van der Waals surface area contributed by atoms with Gasteiger partial charge in [0.05, 0.1) is 6.42 Å². The zero-order valence-corrected chi connectivity index (χ0v) is 16.9. The first kappa shape index (κ1) is 20.5. The summed E-state index contributed by atoms with van der Waals surface area (Å²) < 4.78 is 5.29. The minimum absolute atomic E-state index is 0.0731. The third-order valence-corrected chi connectivity index (χ3v) is 5.10. The van der Waals surface area contributed by atoms with E-state index in [9.17, 15) is 9.59 Å². The lowest BCUT2D eigenvalue weighted by atomic mass is 9.86. The number of hydrogen-bond donors (Lipinski definition) is 0. The molecule has 0 spiro atoms. The van der Waals surface area contributed by atoms with E-state index < -0.39 is 0 Å². The molecule has 1 unspecified atom stereocenters. The Morgan fingerprint density at radius 3 is 1.90 bits per heavy atom. The van der Waals surface area contributed by atoms with E-state index in [1.807, 2.05) is 72.8 Å². The van der Waals surface area contributed by atoms with Crippen molar-refractivity contribution in [2.75, 3.05) is 6.61 Å². The molecule has 0 aliphatic carbocycles. The molecule has 0 aromatic heterocycles. The highest BCUT2D eigenvalue weighted by molar-refractivity contribution is 5.98. The van der Waals surface area contributed by atoms with Crippen LogP contribution in [0.5, 0.6) is 0 Å². The van der Waals surface area contributed by atoms with Crippen LogP contribution in [-0.2, 0) is 9.53 Å². The van der Waals surface area contributed by atoms with Gasteiger partial charge in [-0.15, -0.1) is 0 Å². The fraction of sp³-hybridized carbons (Fsp3) is 0.231. The van der Waals surface area contributed by atoms with Crippen LogP contribution in [-0.4, -0.2) is 18.4 Å². The van der Waals surface area contributed by atoms with Crippen molar-refractivity contribution in [3.8, 4) is 11.1 Å². The van der Waals surface area contributed by atoms with Gasteiger partial charge in [0.25, 0.3) is 0 Å². The first-order valence-electron chi connectivity index (χ1n) is 9.94. The highest BCUT2D eigenvalue weighted by atomic mass is 16.5. The van der Waals surface area contributed by atoms with E-state index in [2.05, 4.69) is 13.8 Å².